The Kier molecular flexibility index (Phi) is 61.2. The van der Waals surface area contributed by atoms with Crippen molar-refractivity contribution in [2.24, 2.45) is 0 Å². The van der Waals surface area contributed by atoms with Gasteiger partial charge in [0, 0.05) is 19.4 Å². The Morgan fingerprint density at radius 3 is 0.729 bits per heavy atom. The van der Waals surface area contributed by atoms with Crippen molar-refractivity contribution >= 4 is 11.9 Å². The molecule has 0 aromatic heterocycles. The maximum atomic E-state index is 12.9. The molecule has 1 atom stereocenters. The fraction of sp³-hybridized carbons (Fsp3) is 0.969. The molecule has 0 fully saturated rings. The van der Waals surface area contributed by atoms with E-state index in [9.17, 15) is 9.59 Å². The molecule has 5 heteroatoms. The summed E-state index contributed by atoms with van der Waals surface area (Å²) in [6.45, 7) is 7.95. The lowest BCUT2D eigenvalue weighted by atomic mass is 10.0. The van der Waals surface area contributed by atoms with Crippen LogP contribution in [-0.2, 0) is 23.8 Å². The molecule has 0 aliphatic carbocycles. The van der Waals surface area contributed by atoms with Crippen molar-refractivity contribution in [2.45, 2.75) is 386 Å². The van der Waals surface area contributed by atoms with Crippen LogP contribution in [0.2, 0.25) is 0 Å². The molecule has 0 aromatic carbocycles. The molecule has 0 bridgehead atoms. The van der Waals surface area contributed by atoms with E-state index in [1.165, 1.54) is 315 Å². The molecular formula is C65H128O5. The quantitative estimate of drug-likeness (QED) is 0.0449. The second kappa shape index (κ2) is 62.2. The second-order valence-corrected chi connectivity index (χ2v) is 22.4. The van der Waals surface area contributed by atoms with Gasteiger partial charge in [-0.2, -0.15) is 0 Å². The van der Waals surface area contributed by atoms with Gasteiger partial charge >= 0.3 is 11.9 Å². The van der Waals surface area contributed by atoms with Crippen LogP contribution in [0.15, 0.2) is 0 Å². The maximum absolute atomic E-state index is 12.9. The molecule has 0 rings (SSSR count). The molecule has 0 aromatic rings. The van der Waals surface area contributed by atoms with Crippen LogP contribution < -0.4 is 0 Å². The fourth-order valence-electron chi connectivity index (χ4n) is 10.3. The number of ether oxygens (including phenoxy) is 3. The van der Waals surface area contributed by atoms with Crippen LogP contribution in [0.3, 0.4) is 0 Å². The van der Waals surface area contributed by atoms with E-state index in [0.717, 1.165) is 32.1 Å². The summed E-state index contributed by atoms with van der Waals surface area (Å²) in [5.74, 6) is -0.359. The second-order valence-electron chi connectivity index (χ2n) is 22.4. The van der Waals surface area contributed by atoms with Crippen molar-refractivity contribution in [3.8, 4) is 0 Å². The van der Waals surface area contributed by atoms with Crippen molar-refractivity contribution < 1.29 is 23.8 Å². The molecular weight excluding hydrogens is 861 g/mol. The van der Waals surface area contributed by atoms with Crippen molar-refractivity contribution in [2.75, 3.05) is 19.8 Å². The van der Waals surface area contributed by atoms with Crippen LogP contribution in [0.25, 0.3) is 0 Å². The van der Waals surface area contributed by atoms with E-state index in [0.29, 0.717) is 26.1 Å². The first-order valence-electron chi connectivity index (χ1n) is 32.6. The smallest absolute Gasteiger partial charge is 0.306 e. The minimum absolute atomic E-state index is 0.0991. The summed E-state index contributed by atoms with van der Waals surface area (Å²) in [6, 6.07) is 0. The van der Waals surface area contributed by atoms with Crippen LogP contribution in [-0.4, -0.2) is 37.9 Å². The average molecular weight is 990 g/mol. The highest BCUT2D eigenvalue weighted by molar-refractivity contribution is 5.70. The lowest BCUT2D eigenvalue weighted by Crippen LogP contribution is -2.30. The Bertz CT molecular complexity index is 983. The Labute approximate surface area is 440 Å². The van der Waals surface area contributed by atoms with E-state index in [4.69, 9.17) is 14.2 Å². The Hall–Kier alpha value is -1.10. The van der Waals surface area contributed by atoms with Crippen molar-refractivity contribution in [1.82, 2.24) is 0 Å². The molecule has 0 N–H and O–H groups in total. The first-order chi connectivity index (χ1) is 34.6. The summed E-state index contributed by atoms with van der Waals surface area (Å²) in [6.07, 6.45) is 72.9. The van der Waals surface area contributed by atoms with Crippen molar-refractivity contribution in [3.05, 3.63) is 0 Å². The van der Waals surface area contributed by atoms with Gasteiger partial charge in [0.1, 0.15) is 6.61 Å². The molecule has 418 valence electrons. The Morgan fingerprint density at radius 1 is 0.257 bits per heavy atom. The predicted molar refractivity (Wildman–Crippen MR) is 307 cm³/mol. The van der Waals surface area contributed by atoms with E-state index < -0.39 is 6.10 Å². The zero-order valence-corrected chi connectivity index (χ0v) is 48.3. The van der Waals surface area contributed by atoms with Gasteiger partial charge in [0.15, 0.2) is 6.10 Å². The molecule has 0 amide bonds. The minimum atomic E-state index is -0.525. The van der Waals surface area contributed by atoms with Crippen LogP contribution in [0.4, 0.5) is 0 Å². The number of rotatable bonds is 62. The van der Waals surface area contributed by atoms with Crippen LogP contribution in [0, 0.1) is 0 Å². The monoisotopic (exact) mass is 989 g/mol. The fourth-order valence-corrected chi connectivity index (χ4v) is 10.3. The lowest BCUT2D eigenvalue weighted by molar-refractivity contribution is -0.163. The summed E-state index contributed by atoms with van der Waals surface area (Å²) >= 11 is 0. The summed E-state index contributed by atoms with van der Waals surface area (Å²) in [7, 11) is 0. The molecule has 5 nitrogen and oxygen atoms in total. The van der Waals surface area contributed by atoms with Crippen LogP contribution in [0.5, 0.6) is 0 Å². The average Bonchev–Trinajstić information content (AvgIpc) is 3.36. The standard InChI is InChI=1S/C65H128O5/c1-4-7-10-13-16-19-22-25-28-31-33-35-37-40-43-46-49-52-55-58-64(66)69-62-63(61-68-60-57-54-51-48-45-42-39-30-27-24-21-18-15-12-9-6-3)70-65(67)59-56-53-50-47-44-41-38-36-34-32-29-26-23-20-17-14-11-8-5-2/h63H,4-62H2,1-3H3/t63-/m1/s1. The first kappa shape index (κ1) is 68.9. The van der Waals surface area contributed by atoms with Gasteiger partial charge in [-0.15, -0.1) is 0 Å². The van der Waals surface area contributed by atoms with Gasteiger partial charge in [0.25, 0.3) is 0 Å². The highest BCUT2D eigenvalue weighted by Gasteiger charge is 2.18. The number of esters is 2. The largest absolute Gasteiger partial charge is 0.462 e. The van der Waals surface area contributed by atoms with E-state index >= 15 is 0 Å². The van der Waals surface area contributed by atoms with Crippen LogP contribution >= 0.6 is 0 Å². The third-order valence-corrected chi connectivity index (χ3v) is 15.1. The highest BCUT2D eigenvalue weighted by Crippen LogP contribution is 2.19. The molecule has 0 radical (unpaired) electrons. The van der Waals surface area contributed by atoms with E-state index in [2.05, 4.69) is 20.8 Å². The minimum Gasteiger partial charge on any atom is -0.462 e. The number of carbonyl (C=O) groups excluding carboxylic acids is 2. The number of unbranched alkanes of at least 4 members (excludes halogenated alkanes) is 51. The maximum Gasteiger partial charge on any atom is 0.306 e. The predicted octanol–water partition coefficient (Wildman–Crippen LogP) is 22.4. The van der Waals surface area contributed by atoms with Crippen molar-refractivity contribution in [3.63, 3.8) is 0 Å². The van der Waals surface area contributed by atoms with E-state index in [1.807, 2.05) is 0 Å². The van der Waals surface area contributed by atoms with Gasteiger partial charge in [0.2, 0.25) is 0 Å². The SMILES string of the molecule is CCCCCCCCCCCCCCCCCCCCCC(=O)OC[C@@H](COCCCCCCCCCCCCCCCCCC)OC(=O)CCCCCCCCCCCCCCCCCCCCC. The molecule has 0 saturated heterocycles. The summed E-state index contributed by atoms with van der Waals surface area (Å²) in [4.78, 5) is 25.6. The van der Waals surface area contributed by atoms with Crippen molar-refractivity contribution in [1.29, 1.82) is 0 Å². The number of carbonyl (C=O) groups is 2. The number of hydrogen-bond acceptors (Lipinski definition) is 5. The van der Waals surface area contributed by atoms with Gasteiger partial charge in [-0.05, 0) is 19.3 Å². The number of hydrogen-bond donors (Lipinski definition) is 0. The van der Waals surface area contributed by atoms with Gasteiger partial charge in [0.05, 0.1) is 6.61 Å². The zero-order chi connectivity index (χ0) is 50.6. The van der Waals surface area contributed by atoms with E-state index in [-0.39, 0.29) is 18.5 Å². The Balaban J connectivity index is 4.17. The normalized spacial score (nSPS) is 12.0. The molecule has 0 unspecified atom stereocenters. The summed E-state index contributed by atoms with van der Waals surface area (Å²) in [5, 5.41) is 0. The van der Waals surface area contributed by atoms with E-state index in [1.54, 1.807) is 0 Å². The van der Waals surface area contributed by atoms with Gasteiger partial charge in [-0.1, -0.05) is 348 Å². The molecule has 0 aliphatic rings. The highest BCUT2D eigenvalue weighted by atomic mass is 16.6. The van der Waals surface area contributed by atoms with Gasteiger partial charge < -0.3 is 14.2 Å². The topological polar surface area (TPSA) is 61.8 Å². The van der Waals surface area contributed by atoms with Gasteiger partial charge in [-0.25, -0.2) is 0 Å². The third kappa shape index (κ3) is 59.5. The third-order valence-electron chi connectivity index (χ3n) is 15.1. The Morgan fingerprint density at radius 2 is 0.471 bits per heavy atom. The summed E-state index contributed by atoms with van der Waals surface area (Å²) in [5.41, 5.74) is 0. The lowest BCUT2D eigenvalue weighted by Gasteiger charge is -2.18. The first-order valence-corrected chi connectivity index (χ1v) is 32.6. The molecule has 70 heavy (non-hydrogen) atoms. The van der Waals surface area contributed by atoms with Gasteiger partial charge in [-0.3, -0.25) is 9.59 Å². The summed E-state index contributed by atoms with van der Waals surface area (Å²) < 4.78 is 17.6. The molecule has 0 saturated carbocycles. The van der Waals surface area contributed by atoms with Crippen LogP contribution in [0.1, 0.15) is 380 Å². The molecule has 0 heterocycles. The molecule has 0 aliphatic heterocycles. The molecule has 0 spiro atoms. The zero-order valence-electron chi connectivity index (χ0n) is 48.3.